The summed E-state index contributed by atoms with van der Waals surface area (Å²) in [7, 11) is -1.89. The van der Waals surface area contributed by atoms with Crippen LogP contribution in [0.15, 0.2) is 35.2 Å². The molecule has 0 atom stereocenters. The first kappa shape index (κ1) is 18.9. The fraction of sp³-hybridized carbons (Fsp3) is 0.562. The van der Waals surface area contributed by atoms with Crippen molar-refractivity contribution in [2.75, 3.05) is 39.9 Å². The molecule has 1 aliphatic rings. The number of benzene rings is 1. The molecular weight excluding hydrogens is 330 g/mol. The van der Waals surface area contributed by atoms with Crippen LogP contribution in [-0.2, 0) is 19.6 Å². The zero-order chi connectivity index (χ0) is 17.4. The van der Waals surface area contributed by atoms with Crippen LogP contribution in [0.1, 0.15) is 12.8 Å². The van der Waals surface area contributed by atoms with Crippen LogP contribution in [0.3, 0.4) is 0 Å². The third-order valence-electron chi connectivity index (χ3n) is 3.96. The van der Waals surface area contributed by atoms with Crippen molar-refractivity contribution in [1.82, 2.24) is 14.9 Å². The first-order valence-corrected chi connectivity index (χ1v) is 9.55. The average molecular weight is 355 g/mol. The monoisotopic (exact) mass is 355 g/mol. The van der Waals surface area contributed by atoms with E-state index in [2.05, 4.69) is 10.0 Å². The van der Waals surface area contributed by atoms with Crippen molar-refractivity contribution in [2.24, 2.45) is 0 Å². The Morgan fingerprint density at radius 1 is 1.25 bits per heavy atom. The van der Waals surface area contributed by atoms with Crippen molar-refractivity contribution in [3.05, 3.63) is 30.3 Å². The Morgan fingerprint density at radius 2 is 1.92 bits per heavy atom. The largest absolute Gasteiger partial charge is 0.383 e. The van der Waals surface area contributed by atoms with E-state index in [1.54, 1.807) is 37.4 Å². The molecule has 0 spiro atoms. The summed E-state index contributed by atoms with van der Waals surface area (Å²) >= 11 is 0. The summed E-state index contributed by atoms with van der Waals surface area (Å²) < 4.78 is 32.3. The summed E-state index contributed by atoms with van der Waals surface area (Å²) in [5, 5.41) is 2.78. The second-order valence-corrected chi connectivity index (χ2v) is 7.54. The lowest BCUT2D eigenvalue weighted by Gasteiger charge is -2.31. The fourth-order valence-corrected chi connectivity index (χ4v) is 3.97. The Labute approximate surface area is 143 Å². The molecule has 2 rings (SSSR count). The minimum atomic E-state index is -3.48. The first-order valence-electron chi connectivity index (χ1n) is 8.06. The molecule has 1 heterocycles. The lowest BCUT2D eigenvalue weighted by molar-refractivity contribution is -0.122. The molecule has 1 amide bonds. The van der Waals surface area contributed by atoms with Gasteiger partial charge < -0.3 is 10.1 Å². The highest BCUT2D eigenvalue weighted by Crippen LogP contribution is 2.14. The van der Waals surface area contributed by atoms with Gasteiger partial charge >= 0.3 is 0 Å². The van der Waals surface area contributed by atoms with Gasteiger partial charge in [0.2, 0.25) is 15.9 Å². The fourth-order valence-electron chi connectivity index (χ4n) is 2.65. The quantitative estimate of drug-likeness (QED) is 0.650. The summed E-state index contributed by atoms with van der Waals surface area (Å²) in [5.41, 5.74) is 0. The zero-order valence-electron chi connectivity index (χ0n) is 13.9. The van der Waals surface area contributed by atoms with Crippen LogP contribution in [0.5, 0.6) is 0 Å². The van der Waals surface area contributed by atoms with Crippen LogP contribution >= 0.6 is 0 Å². The van der Waals surface area contributed by atoms with Crippen molar-refractivity contribution in [1.29, 1.82) is 0 Å². The lowest BCUT2D eigenvalue weighted by Crippen LogP contribution is -2.47. The maximum absolute atomic E-state index is 12.3. The molecule has 0 radical (unpaired) electrons. The number of likely N-dealkylation sites (tertiary alicyclic amines) is 1. The van der Waals surface area contributed by atoms with Crippen molar-refractivity contribution in [3.8, 4) is 0 Å². The predicted octanol–water partition coefficient (Wildman–Crippen LogP) is 0.192. The highest BCUT2D eigenvalue weighted by atomic mass is 32.2. The average Bonchev–Trinajstić information content (AvgIpc) is 2.57. The van der Waals surface area contributed by atoms with Gasteiger partial charge in [0.05, 0.1) is 18.0 Å². The molecule has 1 aliphatic heterocycles. The number of carbonyl (C=O) groups is 1. The van der Waals surface area contributed by atoms with E-state index < -0.39 is 10.0 Å². The van der Waals surface area contributed by atoms with E-state index >= 15 is 0 Å². The molecule has 8 heteroatoms. The number of amides is 1. The van der Waals surface area contributed by atoms with Crippen LogP contribution in [-0.4, -0.2) is 65.2 Å². The molecule has 1 aromatic rings. The van der Waals surface area contributed by atoms with E-state index in [1.165, 1.54) is 0 Å². The number of sulfonamides is 1. The number of rotatable bonds is 8. The molecule has 134 valence electrons. The van der Waals surface area contributed by atoms with Gasteiger partial charge in [0.1, 0.15) is 0 Å². The summed E-state index contributed by atoms with van der Waals surface area (Å²) in [4.78, 5) is 14.1. The summed E-state index contributed by atoms with van der Waals surface area (Å²) in [6.45, 7) is 2.72. The van der Waals surface area contributed by atoms with Gasteiger partial charge in [-0.3, -0.25) is 9.69 Å². The van der Waals surface area contributed by atoms with Crippen LogP contribution < -0.4 is 10.0 Å². The van der Waals surface area contributed by atoms with E-state index in [4.69, 9.17) is 4.74 Å². The van der Waals surface area contributed by atoms with E-state index in [9.17, 15) is 13.2 Å². The Bertz CT molecular complexity index is 613. The molecule has 1 saturated heterocycles. The third-order valence-corrected chi connectivity index (χ3v) is 5.49. The zero-order valence-corrected chi connectivity index (χ0v) is 14.7. The van der Waals surface area contributed by atoms with Crippen LogP contribution in [0, 0.1) is 0 Å². The van der Waals surface area contributed by atoms with Gasteiger partial charge in [-0.1, -0.05) is 18.2 Å². The number of methoxy groups -OCH3 is 1. The van der Waals surface area contributed by atoms with E-state index in [-0.39, 0.29) is 16.8 Å². The second kappa shape index (κ2) is 9.12. The summed E-state index contributed by atoms with van der Waals surface area (Å²) in [5.74, 6) is -0.0321. The number of nitrogens with one attached hydrogen (secondary N) is 2. The highest BCUT2D eigenvalue weighted by molar-refractivity contribution is 7.89. The number of piperidine rings is 1. The molecule has 0 bridgehead atoms. The predicted molar refractivity (Wildman–Crippen MR) is 91.1 cm³/mol. The van der Waals surface area contributed by atoms with Gasteiger partial charge in [-0.15, -0.1) is 0 Å². The Morgan fingerprint density at radius 3 is 2.54 bits per heavy atom. The van der Waals surface area contributed by atoms with Gasteiger partial charge in [-0.25, -0.2) is 13.1 Å². The topological polar surface area (TPSA) is 87.7 Å². The third kappa shape index (κ3) is 5.86. The van der Waals surface area contributed by atoms with Gasteiger partial charge in [-0.05, 0) is 25.0 Å². The van der Waals surface area contributed by atoms with Gasteiger partial charge in [0.25, 0.3) is 0 Å². The molecule has 7 nitrogen and oxygen atoms in total. The minimum Gasteiger partial charge on any atom is -0.383 e. The molecule has 0 aromatic heterocycles. The van der Waals surface area contributed by atoms with Crippen molar-refractivity contribution >= 4 is 15.9 Å². The molecule has 24 heavy (non-hydrogen) atoms. The lowest BCUT2D eigenvalue weighted by atomic mass is 10.1. The van der Waals surface area contributed by atoms with Gasteiger partial charge in [0.15, 0.2) is 0 Å². The van der Waals surface area contributed by atoms with Crippen LogP contribution in [0.25, 0.3) is 0 Å². The molecule has 1 aromatic carbocycles. The molecule has 0 unspecified atom stereocenters. The number of hydrogen-bond acceptors (Lipinski definition) is 5. The Hall–Kier alpha value is -1.48. The Balaban J connectivity index is 1.76. The van der Waals surface area contributed by atoms with Crippen molar-refractivity contribution < 1.29 is 17.9 Å². The summed E-state index contributed by atoms with van der Waals surface area (Å²) in [6, 6.07) is 8.28. The van der Waals surface area contributed by atoms with Crippen LogP contribution in [0.4, 0.5) is 0 Å². The molecular formula is C16H25N3O4S. The highest BCUT2D eigenvalue weighted by Gasteiger charge is 2.25. The van der Waals surface area contributed by atoms with Gasteiger partial charge in [-0.2, -0.15) is 0 Å². The minimum absolute atomic E-state index is 0.0321. The first-order chi connectivity index (χ1) is 11.5. The maximum atomic E-state index is 12.3. The van der Waals surface area contributed by atoms with Crippen molar-refractivity contribution in [2.45, 2.75) is 23.8 Å². The Kier molecular flexibility index (Phi) is 7.16. The number of nitrogens with zero attached hydrogens (tertiary/aromatic N) is 1. The van der Waals surface area contributed by atoms with E-state index in [0.717, 1.165) is 0 Å². The van der Waals surface area contributed by atoms with Crippen molar-refractivity contribution in [3.63, 3.8) is 0 Å². The maximum Gasteiger partial charge on any atom is 0.240 e. The number of ether oxygens (including phenoxy) is 1. The standard InChI is InChI=1S/C16H25N3O4S/c1-23-12-9-17-16(20)13-19-10-7-14(8-11-19)18-24(21,22)15-5-3-2-4-6-15/h2-6,14,18H,7-13H2,1H3,(H,17,20). The molecule has 0 saturated carbocycles. The van der Waals surface area contributed by atoms with Crippen LogP contribution in [0.2, 0.25) is 0 Å². The molecule has 2 N–H and O–H groups in total. The normalized spacial score (nSPS) is 16.9. The van der Waals surface area contributed by atoms with E-state index in [0.29, 0.717) is 45.6 Å². The number of hydrogen-bond donors (Lipinski definition) is 2. The van der Waals surface area contributed by atoms with E-state index in [1.807, 2.05) is 4.90 Å². The second-order valence-electron chi connectivity index (χ2n) is 5.83. The number of carbonyl (C=O) groups excluding carboxylic acids is 1. The van der Waals surface area contributed by atoms with Gasteiger partial charge in [0, 0.05) is 32.8 Å². The molecule has 0 aliphatic carbocycles. The SMILES string of the molecule is COCCNC(=O)CN1CCC(NS(=O)(=O)c2ccccc2)CC1. The smallest absolute Gasteiger partial charge is 0.240 e. The summed E-state index contributed by atoms with van der Waals surface area (Å²) in [6.07, 6.45) is 1.38. The molecule has 1 fully saturated rings.